The number of carbonyl (C=O) groups is 1. The molecule has 3 saturated heterocycles. The molecule has 3 fully saturated rings. The van der Waals surface area contributed by atoms with E-state index in [9.17, 15) is 4.79 Å². The van der Waals surface area contributed by atoms with E-state index in [4.69, 9.17) is 18.9 Å². The number of Topliss-reactive ketones (excluding diaryl/α,β-unsaturated/α-hetero) is 1. The number of carbonyl (C=O) groups excluding carboxylic acids is 1. The Labute approximate surface area is 81.3 Å². The van der Waals surface area contributed by atoms with E-state index in [2.05, 4.69) is 0 Å². The Morgan fingerprint density at radius 2 is 2.14 bits per heavy atom. The standard InChI is InChI=1S/C9H12O5/c1-9(2)13-6-5(10)4-3-11-8(12-4)7(6)14-9/h4,6-8H,3H2,1-2H3/t4-,6+,7+,8+/m0/s1. The third-order valence-electron chi connectivity index (χ3n) is 2.71. The molecule has 4 atom stereocenters. The highest BCUT2D eigenvalue weighted by molar-refractivity contribution is 5.89. The molecule has 0 aliphatic carbocycles. The second-order valence-corrected chi connectivity index (χ2v) is 4.25. The highest BCUT2D eigenvalue weighted by atomic mass is 16.8. The van der Waals surface area contributed by atoms with Crippen LogP contribution >= 0.6 is 0 Å². The molecule has 0 aromatic rings. The molecule has 0 amide bonds. The molecule has 0 N–H and O–H groups in total. The van der Waals surface area contributed by atoms with E-state index in [-0.39, 0.29) is 5.78 Å². The normalized spacial score (nSPS) is 49.4. The number of ketones is 1. The molecule has 14 heavy (non-hydrogen) atoms. The Balaban J connectivity index is 1.92. The van der Waals surface area contributed by atoms with Crippen LogP contribution in [0.15, 0.2) is 0 Å². The molecule has 0 spiro atoms. The van der Waals surface area contributed by atoms with Gasteiger partial charge < -0.3 is 18.9 Å². The number of ether oxygens (including phenoxy) is 4. The average Bonchev–Trinajstić information content (AvgIpc) is 2.64. The van der Waals surface area contributed by atoms with Crippen molar-refractivity contribution in [3.63, 3.8) is 0 Å². The summed E-state index contributed by atoms with van der Waals surface area (Å²) in [7, 11) is 0. The summed E-state index contributed by atoms with van der Waals surface area (Å²) in [5.41, 5.74) is 0. The van der Waals surface area contributed by atoms with Gasteiger partial charge in [0.25, 0.3) is 0 Å². The molecule has 3 rings (SSSR count). The first-order valence-corrected chi connectivity index (χ1v) is 4.73. The van der Waals surface area contributed by atoms with Crippen molar-refractivity contribution >= 4 is 5.78 Å². The van der Waals surface area contributed by atoms with Gasteiger partial charge in [-0.1, -0.05) is 0 Å². The summed E-state index contributed by atoms with van der Waals surface area (Å²) in [6, 6.07) is 0. The molecular weight excluding hydrogens is 188 g/mol. The fraction of sp³-hybridized carbons (Fsp3) is 0.889. The lowest BCUT2D eigenvalue weighted by molar-refractivity contribution is -0.187. The first kappa shape index (κ1) is 8.79. The van der Waals surface area contributed by atoms with E-state index in [1.165, 1.54) is 0 Å². The van der Waals surface area contributed by atoms with E-state index < -0.39 is 30.4 Å². The van der Waals surface area contributed by atoms with Crippen LogP contribution in [-0.4, -0.2) is 42.8 Å². The minimum Gasteiger partial charge on any atom is -0.347 e. The Morgan fingerprint density at radius 3 is 2.93 bits per heavy atom. The molecule has 5 heteroatoms. The van der Waals surface area contributed by atoms with Gasteiger partial charge in [-0.15, -0.1) is 0 Å². The summed E-state index contributed by atoms with van der Waals surface area (Å²) in [5, 5.41) is 0. The summed E-state index contributed by atoms with van der Waals surface area (Å²) in [5.74, 6) is -0.781. The molecule has 3 heterocycles. The maximum absolute atomic E-state index is 11.7. The van der Waals surface area contributed by atoms with Crippen molar-refractivity contribution in [2.45, 2.75) is 44.2 Å². The smallest absolute Gasteiger partial charge is 0.195 e. The van der Waals surface area contributed by atoms with Crippen molar-refractivity contribution in [2.75, 3.05) is 6.61 Å². The number of hydrogen-bond acceptors (Lipinski definition) is 5. The van der Waals surface area contributed by atoms with Crippen LogP contribution in [0.3, 0.4) is 0 Å². The zero-order chi connectivity index (χ0) is 9.92. The largest absolute Gasteiger partial charge is 0.347 e. The molecule has 5 nitrogen and oxygen atoms in total. The van der Waals surface area contributed by atoms with E-state index in [1.54, 1.807) is 13.8 Å². The Hall–Kier alpha value is -0.490. The lowest BCUT2D eigenvalue weighted by Gasteiger charge is -2.25. The Bertz CT molecular complexity index is 287. The van der Waals surface area contributed by atoms with E-state index in [1.807, 2.05) is 0 Å². The third kappa shape index (κ3) is 1.07. The zero-order valence-electron chi connectivity index (χ0n) is 8.06. The predicted molar refractivity (Wildman–Crippen MR) is 43.4 cm³/mol. The lowest BCUT2D eigenvalue weighted by atomic mass is 10.0. The number of fused-ring (bicyclic) bond motifs is 4. The first-order valence-electron chi connectivity index (χ1n) is 4.73. The van der Waals surface area contributed by atoms with Crippen molar-refractivity contribution in [3.8, 4) is 0 Å². The molecule has 3 aliphatic rings. The number of hydrogen-bond donors (Lipinski definition) is 0. The maximum Gasteiger partial charge on any atom is 0.195 e. The van der Waals surface area contributed by atoms with Crippen molar-refractivity contribution in [3.05, 3.63) is 0 Å². The highest BCUT2D eigenvalue weighted by Crippen LogP contribution is 2.38. The van der Waals surface area contributed by atoms with Gasteiger partial charge in [-0.25, -0.2) is 0 Å². The summed E-state index contributed by atoms with van der Waals surface area (Å²) in [4.78, 5) is 11.7. The van der Waals surface area contributed by atoms with Gasteiger partial charge in [-0.3, -0.25) is 4.79 Å². The van der Waals surface area contributed by atoms with Crippen LogP contribution < -0.4 is 0 Å². The summed E-state index contributed by atoms with van der Waals surface area (Å²) >= 11 is 0. The van der Waals surface area contributed by atoms with Gasteiger partial charge >= 0.3 is 0 Å². The van der Waals surface area contributed by atoms with Gasteiger partial charge in [-0.2, -0.15) is 0 Å². The topological polar surface area (TPSA) is 54.0 Å². The fourth-order valence-electron chi connectivity index (χ4n) is 2.14. The Morgan fingerprint density at radius 1 is 1.36 bits per heavy atom. The van der Waals surface area contributed by atoms with Gasteiger partial charge in [0.05, 0.1) is 6.61 Å². The van der Waals surface area contributed by atoms with Crippen LogP contribution in [0.4, 0.5) is 0 Å². The van der Waals surface area contributed by atoms with Crippen LogP contribution in [-0.2, 0) is 23.7 Å². The molecule has 0 saturated carbocycles. The lowest BCUT2D eigenvalue weighted by Crippen LogP contribution is -2.49. The first-order chi connectivity index (χ1) is 6.57. The maximum atomic E-state index is 11.7. The van der Waals surface area contributed by atoms with E-state index >= 15 is 0 Å². The van der Waals surface area contributed by atoms with Crippen LogP contribution in [0.2, 0.25) is 0 Å². The van der Waals surface area contributed by atoms with Crippen molar-refractivity contribution < 1.29 is 23.7 Å². The summed E-state index contributed by atoms with van der Waals surface area (Å²) in [6.45, 7) is 3.89. The molecule has 0 aromatic heterocycles. The zero-order valence-corrected chi connectivity index (χ0v) is 8.06. The Kier molecular flexibility index (Phi) is 1.60. The third-order valence-corrected chi connectivity index (χ3v) is 2.71. The molecule has 0 unspecified atom stereocenters. The van der Waals surface area contributed by atoms with Gasteiger partial charge in [0.2, 0.25) is 0 Å². The van der Waals surface area contributed by atoms with Crippen molar-refractivity contribution in [1.29, 1.82) is 0 Å². The molecule has 3 aliphatic heterocycles. The summed E-state index contributed by atoms with van der Waals surface area (Å²) in [6.07, 6.45) is -1.82. The molecule has 2 bridgehead atoms. The van der Waals surface area contributed by atoms with Crippen LogP contribution in [0, 0.1) is 0 Å². The predicted octanol–water partition coefficient (Wildman–Crippen LogP) is -0.169. The van der Waals surface area contributed by atoms with Gasteiger partial charge in [0, 0.05) is 0 Å². The monoisotopic (exact) mass is 200 g/mol. The van der Waals surface area contributed by atoms with E-state index in [0.717, 1.165) is 0 Å². The minimum atomic E-state index is -0.720. The van der Waals surface area contributed by atoms with Crippen LogP contribution in [0.5, 0.6) is 0 Å². The molecular formula is C9H12O5. The fourth-order valence-corrected chi connectivity index (χ4v) is 2.14. The molecule has 78 valence electrons. The van der Waals surface area contributed by atoms with Crippen LogP contribution in [0.1, 0.15) is 13.8 Å². The number of rotatable bonds is 0. The second kappa shape index (κ2) is 2.55. The molecule has 0 aromatic carbocycles. The van der Waals surface area contributed by atoms with Gasteiger partial charge in [0.15, 0.2) is 24.0 Å². The quantitative estimate of drug-likeness (QED) is 0.543. The minimum absolute atomic E-state index is 0.0608. The average molecular weight is 200 g/mol. The van der Waals surface area contributed by atoms with Gasteiger partial charge in [-0.05, 0) is 13.8 Å². The van der Waals surface area contributed by atoms with Crippen molar-refractivity contribution in [2.24, 2.45) is 0 Å². The SMILES string of the molecule is CC1(C)O[C@H]2[C@@H]3OC[C@H](O3)C(=O)[C@H]2O1. The highest BCUT2D eigenvalue weighted by Gasteiger charge is 2.58. The van der Waals surface area contributed by atoms with Crippen molar-refractivity contribution in [1.82, 2.24) is 0 Å². The summed E-state index contributed by atoms with van der Waals surface area (Å²) < 4.78 is 21.7. The van der Waals surface area contributed by atoms with Crippen LogP contribution in [0.25, 0.3) is 0 Å². The van der Waals surface area contributed by atoms with E-state index in [0.29, 0.717) is 6.61 Å². The molecule has 0 radical (unpaired) electrons. The second-order valence-electron chi connectivity index (χ2n) is 4.25. The van der Waals surface area contributed by atoms with Gasteiger partial charge in [0.1, 0.15) is 12.2 Å².